The molecule has 1 aliphatic heterocycles. The Morgan fingerprint density at radius 1 is 1.61 bits per heavy atom. The first kappa shape index (κ1) is 13.3. The van der Waals surface area contributed by atoms with Crippen LogP contribution in [-0.4, -0.2) is 48.1 Å². The van der Waals surface area contributed by atoms with Crippen LogP contribution in [0.5, 0.6) is 0 Å². The van der Waals surface area contributed by atoms with Gasteiger partial charge in [0.25, 0.3) is 0 Å². The van der Waals surface area contributed by atoms with E-state index >= 15 is 0 Å². The van der Waals surface area contributed by atoms with E-state index in [9.17, 15) is 0 Å². The van der Waals surface area contributed by atoms with Gasteiger partial charge in [0.1, 0.15) is 5.02 Å². The first-order valence-electron chi connectivity index (χ1n) is 6.02. The highest BCUT2D eigenvalue weighted by Crippen LogP contribution is 2.26. The van der Waals surface area contributed by atoms with Crippen molar-refractivity contribution in [3.05, 3.63) is 11.2 Å². The van der Waals surface area contributed by atoms with Crippen molar-refractivity contribution in [2.24, 2.45) is 5.84 Å². The lowest BCUT2D eigenvalue weighted by Crippen LogP contribution is -2.45. The van der Waals surface area contributed by atoms with E-state index in [1.54, 1.807) is 6.20 Å². The van der Waals surface area contributed by atoms with Crippen LogP contribution in [0.3, 0.4) is 0 Å². The van der Waals surface area contributed by atoms with Crippen LogP contribution in [0.1, 0.15) is 12.8 Å². The van der Waals surface area contributed by atoms with E-state index in [4.69, 9.17) is 17.4 Å². The number of piperidine rings is 1. The van der Waals surface area contributed by atoms with Gasteiger partial charge in [-0.05, 0) is 26.4 Å². The molecule has 1 aromatic rings. The predicted molar refractivity (Wildman–Crippen MR) is 73.8 cm³/mol. The van der Waals surface area contributed by atoms with Crippen molar-refractivity contribution >= 4 is 23.4 Å². The zero-order valence-corrected chi connectivity index (χ0v) is 11.5. The Balaban J connectivity index is 2.19. The third-order valence-corrected chi connectivity index (χ3v) is 3.60. The number of nitrogens with one attached hydrogen (secondary N) is 1. The summed E-state index contributed by atoms with van der Waals surface area (Å²) in [6, 6.07) is 0.418. The Morgan fingerprint density at radius 2 is 2.39 bits per heavy atom. The largest absolute Gasteiger partial charge is 0.354 e. The fourth-order valence-electron chi connectivity index (χ4n) is 2.30. The Morgan fingerprint density at radius 3 is 3.06 bits per heavy atom. The number of nitrogens with two attached hydrogens (primary N) is 1. The van der Waals surface area contributed by atoms with Gasteiger partial charge in [-0.25, -0.2) is 10.8 Å². The summed E-state index contributed by atoms with van der Waals surface area (Å²) >= 11 is 6.15. The van der Waals surface area contributed by atoms with Crippen molar-refractivity contribution in [1.82, 2.24) is 14.9 Å². The van der Waals surface area contributed by atoms with E-state index in [0.29, 0.717) is 17.0 Å². The maximum atomic E-state index is 6.15. The minimum Gasteiger partial charge on any atom is -0.354 e. The molecule has 100 valence electrons. The molecular formula is C11H19ClN6. The summed E-state index contributed by atoms with van der Waals surface area (Å²) in [4.78, 5) is 12.7. The number of rotatable bonds is 3. The van der Waals surface area contributed by atoms with Crippen LogP contribution < -0.4 is 16.2 Å². The number of nitrogens with zero attached hydrogens (tertiary/aromatic N) is 4. The molecule has 1 aliphatic rings. The molecule has 0 amide bonds. The van der Waals surface area contributed by atoms with Gasteiger partial charge in [-0.3, -0.25) is 5.43 Å². The van der Waals surface area contributed by atoms with Gasteiger partial charge < -0.3 is 9.80 Å². The molecule has 2 rings (SSSR count). The third kappa shape index (κ3) is 2.82. The number of anilines is 2. The summed E-state index contributed by atoms with van der Waals surface area (Å²) in [5, 5.41) is 0.546. The summed E-state index contributed by atoms with van der Waals surface area (Å²) in [6.45, 7) is 2.17. The van der Waals surface area contributed by atoms with Gasteiger partial charge in [-0.15, -0.1) is 0 Å². The minimum absolute atomic E-state index is 0.380. The van der Waals surface area contributed by atoms with Crippen LogP contribution in [0, 0.1) is 0 Å². The molecule has 1 saturated heterocycles. The van der Waals surface area contributed by atoms with Crippen molar-refractivity contribution in [3.8, 4) is 0 Å². The number of halogens is 1. The highest BCUT2D eigenvalue weighted by molar-refractivity contribution is 6.32. The zero-order valence-electron chi connectivity index (χ0n) is 10.7. The smallest absolute Gasteiger partial charge is 0.239 e. The van der Waals surface area contributed by atoms with Gasteiger partial charge in [0.2, 0.25) is 5.95 Å². The Hall–Kier alpha value is -1.11. The average molecular weight is 271 g/mol. The highest BCUT2D eigenvalue weighted by atomic mass is 35.5. The number of likely N-dealkylation sites (tertiary alicyclic amines) is 1. The second-order valence-electron chi connectivity index (χ2n) is 4.68. The van der Waals surface area contributed by atoms with Crippen LogP contribution in [0.25, 0.3) is 0 Å². The molecule has 6 nitrogen and oxygen atoms in total. The Kier molecular flexibility index (Phi) is 4.21. The molecule has 2 heterocycles. The first-order chi connectivity index (χ1) is 8.61. The quantitative estimate of drug-likeness (QED) is 0.629. The Labute approximate surface area is 112 Å². The molecule has 0 bridgehead atoms. The van der Waals surface area contributed by atoms with Crippen molar-refractivity contribution in [2.75, 3.05) is 37.5 Å². The van der Waals surface area contributed by atoms with Gasteiger partial charge in [0.15, 0.2) is 5.82 Å². The van der Waals surface area contributed by atoms with Gasteiger partial charge in [-0.1, -0.05) is 11.6 Å². The first-order valence-corrected chi connectivity index (χ1v) is 6.40. The summed E-state index contributed by atoms with van der Waals surface area (Å²) in [5.74, 6) is 6.43. The number of hydrogen-bond acceptors (Lipinski definition) is 6. The molecule has 7 heteroatoms. The molecule has 1 aromatic heterocycles. The fourth-order valence-corrected chi connectivity index (χ4v) is 2.53. The molecule has 18 heavy (non-hydrogen) atoms. The van der Waals surface area contributed by atoms with Gasteiger partial charge in [-0.2, -0.15) is 4.98 Å². The summed E-state index contributed by atoms with van der Waals surface area (Å²) in [6.07, 6.45) is 3.91. The van der Waals surface area contributed by atoms with Gasteiger partial charge in [0, 0.05) is 19.6 Å². The minimum atomic E-state index is 0.380. The van der Waals surface area contributed by atoms with Crippen molar-refractivity contribution < 1.29 is 0 Å². The zero-order chi connectivity index (χ0) is 13.1. The monoisotopic (exact) mass is 270 g/mol. The number of hydrazine groups is 1. The van der Waals surface area contributed by atoms with Gasteiger partial charge in [0.05, 0.1) is 6.20 Å². The molecule has 0 aromatic carbocycles. The van der Waals surface area contributed by atoms with Crippen molar-refractivity contribution in [2.45, 2.75) is 18.9 Å². The fraction of sp³-hybridized carbons (Fsp3) is 0.636. The lowest BCUT2D eigenvalue weighted by Gasteiger charge is -2.36. The van der Waals surface area contributed by atoms with Crippen LogP contribution >= 0.6 is 11.6 Å². The molecule has 0 spiro atoms. The molecule has 1 atom stereocenters. The Bertz CT molecular complexity index is 413. The lowest BCUT2D eigenvalue weighted by atomic mass is 10.1. The number of likely N-dealkylation sites (N-methyl/N-ethyl adjacent to an activating group) is 2. The third-order valence-electron chi connectivity index (χ3n) is 3.34. The standard InChI is InChI=1S/C11H19ClN6/c1-17-5-3-4-8(7-17)18(2)10-9(12)6-14-11(15-10)16-13/h6,8H,3-5,7,13H2,1-2H3,(H,14,15,16). The van der Waals surface area contributed by atoms with Crippen LogP contribution in [0.15, 0.2) is 6.20 Å². The SMILES string of the molecule is CN1CCCC(N(C)c2nc(NN)ncc2Cl)C1. The van der Waals surface area contributed by atoms with E-state index in [1.165, 1.54) is 6.42 Å². The number of aromatic nitrogens is 2. The summed E-state index contributed by atoms with van der Waals surface area (Å²) in [7, 11) is 4.15. The molecule has 0 radical (unpaired) electrons. The van der Waals surface area contributed by atoms with E-state index in [-0.39, 0.29) is 0 Å². The molecule has 1 fully saturated rings. The highest BCUT2D eigenvalue weighted by Gasteiger charge is 2.23. The molecule has 3 N–H and O–H groups in total. The van der Waals surface area contributed by atoms with E-state index < -0.39 is 0 Å². The molecule has 1 unspecified atom stereocenters. The van der Waals surface area contributed by atoms with E-state index in [0.717, 1.165) is 25.3 Å². The summed E-state index contributed by atoms with van der Waals surface area (Å²) in [5.41, 5.74) is 2.44. The normalized spacial score (nSPS) is 20.8. The topological polar surface area (TPSA) is 70.3 Å². The van der Waals surface area contributed by atoms with Gasteiger partial charge >= 0.3 is 0 Å². The predicted octanol–water partition coefficient (Wildman–Crippen LogP) is 0.946. The summed E-state index contributed by atoms with van der Waals surface area (Å²) < 4.78 is 0. The van der Waals surface area contributed by atoms with E-state index in [1.807, 2.05) is 7.05 Å². The van der Waals surface area contributed by atoms with E-state index in [2.05, 4.69) is 32.2 Å². The maximum Gasteiger partial charge on any atom is 0.239 e. The number of hydrogen-bond donors (Lipinski definition) is 2. The molecular weight excluding hydrogens is 252 g/mol. The lowest BCUT2D eigenvalue weighted by molar-refractivity contribution is 0.247. The van der Waals surface area contributed by atoms with Crippen LogP contribution in [-0.2, 0) is 0 Å². The second kappa shape index (κ2) is 5.69. The second-order valence-corrected chi connectivity index (χ2v) is 5.09. The van der Waals surface area contributed by atoms with Crippen molar-refractivity contribution in [1.29, 1.82) is 0 Å². The molecule has 0 saturated carbocycles. The van der Waals surface area contributed by atoms with Crippen molar-refractivity contribution in [3.63, 3.8) is 0 Å². The maximum absolute atomic E-state index is 6.15. The van der Waals surface area contributed by atoms with Crippen LogP contribution in [0.4, 0.5) is 11.8 Å². The molecule has 0 aliphatic carbocycles. The average Bonchev–Trinajstić information content (AvgIpc) is 2.38. The number of nitrogen functional groups attached to an aromatic ring is 1. The van der Waals surface area contributed by atoms with Crippen LogP contribution in [0.2, 0.25) is 5.02 Å².